The first-order chi connectivity index (χ1) is 11.7. The Kier molecular flexibility index (Phi) is 5.65. The number of nitro groups is 1. The third kappa shape index (κ3) is 3.85. The van der Waals surface area contributed by atoms with Gasteiger partial charge in [0.1, 0.15) is 0 Å². The van der Waals surface area contributed by atoms with Crippen molar-refractivity contribution in [1.29, 1.82) is 0 Å². The Labute approximate surface area is 141 Å². The molecule has 7 nitrogen and oxygen atoms in total. The van der Waals surface area contributed by atoms with Crippen LogP contribution in [0.15, 0.2) is 18.2 Å². The minimum Gasteiger partial charge on any atom is -0.490 e. The summed E-state index contributed by atoms with van der Waals surface area (Å²) in [4.78, 5) is 10.7. The van der Waals surface area contributed by atoms with E-state index in [-0.39, 0.29) is 5.69 Å². The van der Waals surface area contributed by atoms with Crippen LogP contribution in [-0.4, -0.2) is 43.9 Å². The molecule has 1 aromatic carbocycles. The lowest BCUT2D eigenvalue weighted by atomic mass is 9.94. The molecule has 0 bridgehead atoms. The van der Waals surface area contributed by atoms with Gasteiger partial charge in [-0.1, -0.05) is 12.5 Å². The second-order valence-electron chi connectivity index (χ2n) is 6.48. The van der Waals surface area contributed by atoms with Crippen molar-refractivity contribution in [3.05, 3.63) is 33.9 Å². The van der Waals surface area contributed by atoms with Crippen LogP contribution >= 0.6 is 0 Å². The molecule has 0 radical (unpaired) electrons. The SMILES string of the molecule is COc1ccc(CNC2CCCC2C2COCCN2)cc1[N+](=O)[O-]. The number of methoxy groups -OCH3 is 1. The fraction of sp³-hybridized carbons (Fsp3) is 0.647. The van der Waals surface area contributed by atoms with E-state index in [1.807, 2.05) is 6.07 Å². The number of nitrogens with one attached hydrogen (secondary N) is 2. The topological polar surface area (TPSA) is 85.7 Å². The molecule has 2 aliphatic rings. The van der Waals surface area contributed by atoms with E-state index < -0.39 is 4.92 Å². The summed E-state index contributed by atoms with van der Waals surface area (Å²) in [5.74, 6) is 0.851. The molecule has 0 spiro atoms. The van der Waals surface area contributed by atoms with Crippen LogP contribution in [0.2, 0.25) is 0 Å². The summed E-state index contributed by atoms with van der Waals surface area (Å²) >= 11 is 0. The van der Waals surface area contributed by atoms with Gasteiger partial charge in [0.05, 0.1) is 25.2 Å². The highest BCUT2D eigenvalue weighted by Gasteiger charge is 2.34. The second-order valence-corrected chi connectivity index (χ2v) is 6.48. The third-order valence-electron chi connectivity index (χ3n) is 5.04. The van der Waals surface area contributed by atoms with E-state index >= 15 is 0 Å². The molecule has 3 rings (SSSR count). The van der Waals surface area contributed by atoms with Crippen LogP contribution in [-0.2, 0) is 11.3 Å². The first-order valence-corrected chi connectivity index (χ1v) is 8.55. The Morgan fingerprint density at radius 2 is 2.33 bits per heavy atom. The molecule has 7 heteroatoms. The van der Waals surface area contributed by atoms with Crippen molar-refractivity contribution >= 4 is 5.69 Å². The number of nitrogens with zero attached hydrogens (tertiary/aromatic N) is 1. The maximum Gasteiger partial charge on any atom is 0.311 e. The fourth-order valence-electron chi connectivity index (χ4n) is 3.82. The molecule has 132 valence electrons. The molecule has 0 aromatic heterocycles. The van der Waals surface area contributed by atoms with Gasteiger partial charge in [0.2, 0.25) is 0 Å². The minimum atomic E-state index is -0.399. The Morgan fingerprint density at radius 3 is 3.04 bits per heavy atom. The molecule has 0 amide bonds. The van der Waals surface area contributed by atoms with Gasteiger partial charge < -0.3 is 20.1 Å². The van der Waals surface area contributed by atoms with E-state index in [2.05, 4.69) is 10.6 Å². The van der Waals surface area contributed by atoms with Gasteiger partial charge in [-0.15, -0.1) is 0 Å². The van der Waals surface area contributed by atoms with Gasteiger partial charge in [0.15, 0.2) is 5.75 Å². The summed E-state index contributed by atoms with van der Waals surface area (Å²) in [7, 11) is 1.45. The summed E-state index contributed by atoms with van der Waals surface area (Å²) in [5.41, 5.74) is 0.920. The molecular formula is C17H25N3O4. The standard InChI is InChI=1S/C17H25N3O4/c1-23-17-6-5-12(9-16(17)20(21)22)10-19-14-4-2-3-13(14)15-11-24-8-7-18-15/h5-6,9,13-15,18-19H,2-4,7-8,10-11H2,1H3. The first kappa shape index (κ1) is 17.1. The Bertz CT molecular complexity index is 575. The lowest BCUT2D eigenvalue weighted by Crippen LogP contribution is -2.50. The molecule has 1 aliphatic heterocycles. The maximum absolute atomic E-state index is 11.1. The summed E-state index contributed by atoms with van der Waals surface area (Å²) in [6.45, 7) is 3.10. The van der Waals surface area contributed by atoms with Crippen LogP contribution in [0.5, 0.6) is 5.75 Å². The van der Waals surface area contributed by atoms with E-state index in [1.165, 1.54) is 20.0 Å². The molecule has 24 heavy (non-hydrogen) atoms. The van der Waals surface area contributed by atoms with E-state index in [4.69, 9.17) is 9.47 Å². The molecule has 1 aromatic rings. The highest BCUT2D eigenvalue weighted by atomic mass is 16.6. The lowest BCUT2D eigenvalue weighted by molar-refractivity contribution is -0.385. The quantitative estimate of drug-likeness (QED) is 0.609. The van der Waals surface area contributed by atoms with Gasteiger partial charge in [-0.2, -0.15) is 0 Å². The summed E-state index contributed by atoms with van der Waals surface area (Å²) in [5, 5.41) is 18.3. The van der Waals surface area contributed by atoms with Crippen molar-refractivity contribution in [3.63, 3.8) is 0 Å². The number of rotatable bonds is 6. The van der Waals surface area contributed by atoms with E-state index in [0.717, 1.165) is 31.7 Å². The maximum atomic E-state index is 11.1. The van der Waals surface area contributed by atoms with Gasteiger partial charge in [-0.25, -0.2) is 0 Å². The predicted molar refractivity (Wildman–Crippen MR) is 90.2 cm³/mol. The number of hydrogen-bond donors (Lipinski definition) is 2. The largest absolute Gasteiger partial charge is 0.490 e. The van der Waals surface area contributed by atoms with Gasteiger partial charge >= 0.3 is 5.69 Å². The van der Waals surface area contributed by atoms with Crippen molar-refractivity contribution in [2.75, 3.05) is 26.9 Å². The van der Waals surface area contributed by atoms with Crippen LogP contribution in [0.3, 0.4) is 0 Å². The monoisotopic (exact) mass is 335 g/mol. The molecule has 3 unspecified atom stereocenters. The van der Waals surface area contributed by atoms with E-state index in [0.29, 0.717) is 30.3 Å². The first-order valence-electron chi connectivity index (χ1n) is 8.55. The molecule has 1 saturated carbocycles. The smallest absolute Gasteiger partial charge is 0.311 e. The predicted octanol–water partition coefficient (Wildman–Crippen LogP) is 1.85. The number of nitro benzene ring substituents is 1. The average molecular weight is 335 g/mol. The van der Waals surface area contributed by atoms with E-state index in [1.54, 1.807) is 12.1 Å². The van der Waals surface area contributed by atoms with Crippen LogP contribution < -0.4 is 15.4 Å². The zero-order valence-electron chi connectivity index (χ0n) is 14.0. The molecule has 1 saturated heterocycles. The molecule has 1 aliphatic carbocycles. The summed E-state index contributed by atoms with van der Waals surface area (Å²) in [6.07, 6.45) is 3.55. The number of hydrogen-bond acceptors (Lipinski definition) is 6. The normalized spacial score (nSPS) is 27.1. The number of ether oxygens (including phenoxy) is 2. The zero-order chi connectivity index (χ0) is 16.9. The van der Waals surface area contributed by atoms with Crippen LogP contribution in [0, 0.1) is 16.0 Å². The number of benzene rings is 1. The van der Waals surface area contributed by atoms with Crippen LogP contribution in [0.25, 0.3) is 0 Å². The second kappa shape index (κ2) is 7.92. The minimum absolute atomic E-state index is 0.0159. The molecule has 2 fully saturated rings. The zero-order valence-corrected chi connectivity index (χ0v) is 14.0. The van der Waals surface area contributed by atoms with Crippen LogP contribution in [0.1, 0.15) is 24.8 Å². The molecule has 1 heterocycles. The van der Waals surface area contributed by atoms with Gasteiger partial charge in [-0.3, -0.25) is 10.1 Å². The van der Waals surface area contributed by atoms with Crippen LogP contribution in [0.4, 0.5) is 5.69 Å². The Morgan fingerprint density at radius 1 is 1.46 bits per heavy atom. The summed E-state index contributed by atoms with van der Waals surface area (Å²) in [6, 6.07) is 5.97. The Balaban J connectivity index is 1.62. The highest BCUT2D eigenvalue weighted by molar-refractivity contribution is 5.48. The molecule has 2 N–H and O–H groups in total. The third-order valence-corrected chi connectivity index (χ3v) is 5.04. The van der Waals surface area contributed by atoms with Crippen molar-refractivity contribution in [2.45, 2.75) is 37.9 Å². The summed E-state index contributed by atoms with van der Waals surface area (Å²) < 4.78 is 10.6. The van der Waals surface area contributed by atoms with Gasteiger partial charge in [0.25, 0.3) is 0 Å². The van der Waals surface area contributed by atoms with Crippen molar-refractivity contribution in [3.8, 4) is 5.75 Å². The fourth-order valence-corrected chi connectivity index (χ4v) is 3.82. The van der Waals surface area contributed by atoms with Crippen molar-refractivity contribution < 1.29 is 14.4 Å². The van der Waals surface area contributed by atoms with E-state index in [9.17, 15) is 10.1 Å². The molecule has 3 atom stereocenters. The lowest BCUT2D eigenvalue weighted by Gasteiger charge is -2.33. The average Bonchev–Trinajstić information content (AvgIpc) is 3.09. The van der Waals surface area contributed by atoms with Gasteiger partial charge in [-0.05, 0) is 30.4 Å². The Hall–Kier alpha value is -1.70. The van der Waals surface area contributed by atoms with Crippen molar-refractivity contribution in [2.24, 2.45) is 5.92 Å². The number of morpholine rings is 1. The molecular weight excluding hydrogens is 310 g/mol. The van der Waals surface area contributed by atoms with Crippen molar-refractivity contribution in [1.82, 2.24) is 10.6 Å². The van der Waals surface area contributed by atoms with Gasteiger partial charge in [0, 0.05) is 31.2 Å². The highest BCUT2D eigenvalue weighted by Crippen LogP contribution is 2.31.